The summed E-state index contributed by atoms with van der Waals surface area (Å²) in [5.74, 6) is 1.21. The van der Waals surface area contributed by atoms with Gasteiger partial charge in [-0.05, 0) is 6.07 Å². The van der Waals surface area contributed by atoms with Crippen LogP contribution in [0.25, 0.3) is 0 Å². The third-order valence-electron chi connectivity index (χ3n) is 3.70. The lowest BCUT2D eigenvalue weighted by molar-refractivity contribution is 0.0740. The predicted molar refractivity (Wildman–Crippen MR) is 90.9 cm³/mol. The van der Waals surface area contributed by atoms with Gasteiger partial charge in [-0.1, -0.05) is 6.08 Å². The molecule has 0 aliphatic carbocycles. The maximum absolute atomic E-state index is 12.5. The summed E-state index contributed by atoms with van der Waals surface area (Å²) in [6.07, 6.45) is 8.23. The van der Waals surface area contributed by atoms with Crippen molar-refractivity contribution in [3.05, 3.63) is 49.2 Å². The molecule has 2 aromatic heterocycles. The zero-order valence-electron chi connectivity index (χ0n) is 13.3. The molecular weight excluding hydrogens is 306 g/mol. The molecule has 3 heterocycles. The Morgan fingerprint density at radius 1 is 1.12 bits per heavy atom. The Hall–Kier alpha value is -3.03. The Morgan fingerprint density at radius 3 is 2.50 bits per heavy atom. The third-order valence-corrected chi connectivity index (χ3v) is 3.70. The van der Waals surface area contributed by atoms with Crippen LogP contribution in [0.15, 0.2) is 43.5 Å². The number of carbonyl (C=O) groups is 1. The Labute approximate surface area is 140 Å². The van der Waals surface area contributed by atoms with E-state index in [-0.39, 0.29) is 5.91 Å². The standard InChI is InChI=1S/C16H19N7O/c1-2-4-17-14-12-20-13(11-21-14)15(24)22-7-9-23(10-8-22)16-18-5-3-6-19-16/h2-3,5-6,11-12H,1,4,7-10H2,(H,17,21). The SMILES string of the molecule is C=CCNc1cnc(C(=O)N2CCN(c3ncccn3)CC2)cn1. The summed E-state index contributed by atoms with van der Waals surface area (Å²) in [6, 6.07) is 1.79. The fraction of sp³-hybridized carbons (Fsp3) is 0.312. The highest BCUT2D eigenvalue weighted by Crippen LogP contribution is 2.12. The van der Waals surface area contributed by atoms with Crippen molar-refractivity contribution in [1.82, 2.24) is 24.8 Å². The van der Waals surface area contributed by atoms with Crippen molar-refractivity contribution in [3.8, 4) is 0 Å². The van der Waals surface area contributed by atoms with E-state index in [4.69, 9.17) is 0 Å². The average molecular weight is 325 g/mol. The number of piperazine rings is 1. The molecule has 24 heavy (non-hydrogen) atoms. The zero-order valence-corrected chi connectivity index (χ0v) is 13.3. The van der Waals surface area contributed by atoms with Crippen molar-refractivity contribution < 1.29 is 4.79 Å². The van der Waals surface area contributed by atoms with Crippen LogP contribution in [0.5, 0.6) is 0 Å². The summed E-state index contributed by atoms with van der Waals surface area (Å²) in [4.78, 5) is 33.2. The Kier molecular flexibility index (Phi) is 4.95. The van der Waals surface area contributed by atoms with E-state index in [1.54, 1.807) is 35.6 Å². The minimum absolute atomic E-state index is 0.105. The molecule has 2 aromatic rings. The van der Waals surface area contributed by atoms with Gasteiger partial charge in [0, 0.05) is 45.1 Å². The van der Waals surface area contributed by atoms with Crippen LogP contribution in [0.1, 0.15) is 10.5 Å². The first-order valence-corrected chi connectivity index (χ1v) is 7.76. The van der Waals surface area contributed by atoms with Crippen LogP contribution in [0, 0.1) is 0 Å². The van der Waals surface area contributed by atoms with E-state index >= 15 is 0 Å². The molecule has 1 aliphatic rings. The smallest absolute Gasteiger partial charge is 0.274 e. The number of hydrogen-bond acceptors (Lipinski definition) is 7. The first-order valence-electron chi connectivity index (χ1n) is 7.76. The van der Waals surface area contributed by atoms with Gasteiger partial charge in [0.1, 0.15) is 11.5 Å². The van der Waals surface area contributed by atoms with E-state index in [1.807, 2.05) is 0 Å². The van der Waals surface area contributed by atoms with Gasteiger partial charge in [0.25, 0.3) is 5.91 Å². The topological polar surface area (TPSA) is 87.1 Å². The molecule has 0 radical (unpaired) electrons. The van der Waals surface area contributed by atoms with E-state index in [9.17, 15) is 4.79 Å². The number of amides is 1. The summed E-state index contributed by atoms with van der Waals surface area (Å²) in [5, 5.41) is 3.03. The Bertz CT molecular complexity index is 681. The van der Waals surface area contributed by atoms with Gasteiger partial charge in [0.15, 0.2) is 0 Å². The fourth-order valence-electron chi connectivity index (χ4n) is 2.43. The van der Waals surface area contributed by atoms with Gasteiger partial charge in [-0.15, -0.1) is 6.58 Å². The number of anilines is 2. The molecule has 1 N–H and O–H groups in total. The van der Waals surface area contributed by atoms with Gasteiger partial charge in [-0.3, -0.25) is 4.79 Å². The van der Waals surface area contributed by atoms with E-state index < -0.39 is 0 Å². The van der Waals surface area contributed by atoms with Crippen molar-refractivity contribution in [1.29, 1.82) is 0 Å². The van der Waals surface area contributed by atoms with Crippen LogP contribution in [-0.4, -0.2) is 63.5 Å². The molecule has 0 atom stereocenters. The van der Waals surface area contributed by atoms with E-state index in [1.165, 1.54) is 6.20 Å². The highest BCUT2D eigenvalue weighted by Gasteiger charge is 2.24. The second kappa shape index (κ2) is 7.49. The van der Waals surface area contributed by atoms with E-state index in [2.05, 4.69) is 36.7 Å². The van der Waals surface area contributed by atoms with Crippen LogP contribution < -0.4 is 10.2 Å². The van der Waals surface area contributed by atoms with Gasteiger partial charge in [0.2, 0.25) is 5.95 Å². The van der Waals surface area contributed by atoms with Crippen LogP contribution in [0.2, 0.25) is 0 Å². The monoisotopic (exact) mass is 325 g/mol. The van der Waals surface area contributed by atoms with Crippen LogP contribution in [0.4, 0.5) is 11.8 Å². The second-order valence-corrected chi connectivity index (χ2v) is 5.28. The molecule has 124 valence electrons. The number of aromatic nitrogens is 4. The van der Waals surface area contributed by atoms with Crippen molar-refractivity contribution >= 4 is 17.7 Å². The molecule has 0 aromatic carbocycles. The summed E-state index contributed by atoms with van der Waals surface area (Å²) < 4.78 is 0. The molecule has 1 fully saturated rings. The van der Waals surface area contributed by atoms with Gasteiger partial charge in [-0.2, -0.15) is 0 Å². The van der Waals surface area contributed by atoms with Gasteiger partial charge < -0.3 is 15.1 Å². The lowest BCUT2D eigenvalue weighted by Gasteiger charge is -2.34. The number of nitrogens with one attached hydrogen (secondary N) is 1. The zero-order chi connectivity index (χ0) is 16.8. The highest BCUT2D eigenvalue weighted by molar-refractivity contribution is 5.92. The fourth-order valence-corrected chi connectivity index (χ4v) is 2.43. The lowest BCUT2D eigenvalue weighted by atomic mass is 10.3. The molecule has 3 rings (SSSR count). The summed E-state index contributed by atoms with van der Waals surface area (Å²) in [5.41, 5.74) is 0.351. The van der Waals surface area contributed by atoms with Crippen LogP contribution >= 0.6 is 0 Å². The van der Waals surface area contributed by atoms with Gasteiger partial charge in [0.05, 0.1) is 12.4 Å². The number of hydrogen-bond donors (Lipinski definition) is 1. The minimum atomic E-state index is -0.105. The van der Waals surface area contributed by atoms with Gasteiger partial charge in [-0.25, -0.2) is 19.9 Å². The lowest BCUT2D eigenvalue weighted by Crippen LogP contribution is -2.49. The first kappa shape index (κ1) is 15.9. The van der Waals surface area contributed by atoms with E-state index in [0.717, 1.165) is 0 Å². The Morgan fingerprint density at radius 2 is 1.88 bits per heavy atom. The number of carbonyl (C=O) groups excluding carboxylic acids is 1. The summed E-state index contributed by atoms with van der Waals surface area (Å²) in [7, 11) is 0. The van der Waals surface area contributed by atoms with Crippen molar-refractivity contribution in [3.63, 3.8) is 0 Å². The van der Waals surface area contributed by atoms with Crippen LogP contribution in [-0.2, 0) is 0 Å². The normalized spacial score (nSPS) is 14.3. The maximum Gasteiger partial charge on any atom is 0.274 e. The number of nitrogens with zero attached hydrogens (tertiary/aromatic N) is 6. The molecular formula is C16H19N7O. The quantitative estimate of drug-likeness (QED) is 0.815. The number of rotatable bonds is 5. The summed E-state index contributed by atoms with van der Waals surface area (Å²) >= 11 is 0. The van der Waals surface area contributed by atoms with Crippen LogP contribution in [0.3, 0.4) is 0 Å². The minimum Gasteiger partial charge on any atom is -0.365 e. The second-order valence-electron chi connectivity index (χ2n) is 5.28. The largest absolute Gasteiger partial charge is 0.365 e. The molecule has 8 nitrogen and oxygen atoms in total. The highest BCUT2D eigenvalue weighted by atomic mass is 16.2. The van der Waals surface area contributed by atoms with Crippen molar-refractivity contribution in [2.24, 2.45) is 0 Å². The molecule has 0 unspecified atom stereocenters. The average Bonchev–Trinajstić information content (AvgIpc) is 2.67. The molecule has 0 bridgehead atoms. The molecule has 0 spiro atoms. The maximum atomic E-state index is 12.5. The Balaban J connectivity index is 1.58. The van der Waals surface area contributed by atoms with Crippen molar-refractivity contribution in [2.75, 3.05) is 42.9 Å². The molecule has 1 saturated heterocycles. The summed E-state index contributed by atoms with van der Waals surface area (Å²) in [6.45, 7) is 6.83. The molecule has 1 aliphatic heterocycles. The predicted octanol–water partition coefficient (Wildman–Crippen LogP) is 0.827. The first-order chi connectivity index (χ1) is 11.8. The third kappa shape index (κ3) is 3.65. The van der Waals surface area contributed by atoms with E-state index in [0.29, 0.717) is 50.2 Å². The van der Waals surface area contributed by atoms with Gasteiger partial charge >= 0.3 is 0 Å². The molecule has 0 saturated carbocycles. The molecule has 8 heteroatoms. The van der Waals surface area contributed by atoms with Crippen molar-refractivity contribution in [2.45, 2.75) is 0 Å². The molecule has 1 amide bonds.